The van der Waals surface area contributed by atoms with Gasteiger partial charge < -0.3 is 43.9 Å². The normalized spacial score (nSPS) is 37.6. The number of halogens is 1. The molecule has 5 rings (SSSR count). The van der Waals surface area contributed by atoms with Crippen LogP contribution in [0, 0.1) is 35.5 Å². The number of Topliss-reactive ketones (excluding diaryl/α,β-unsaturated/α-hetero) is 3. The number of fused-ring (bicyclic) bond motifs is 3. The van der Waals surface area contributed by atoms with Crippen molar-refractivity contribution in [1.82, 2.24) is 4.90 Å². The van der Waals surface area contributed by atoms with Gasteiger partial charge in [0.05, 0.1) is 31.0 Å². The van der Waals surface area contributed by atoms with Crippen LogP contribution in [-0.2, 0) is 54.3 Å². The zero-order valence-electron chi connectivity index (χ0n) is 44.0. The number of hydrogen-bond acceptors (Lipinski definition) is 13. The summed E-state index contributed by atoms with van der Waals surface area (Å²) in [5.41, 5.74) is 2.12. The third-order valence-corrected chi connectivity index (χ3v) is 15.8. The second kappa shape index (κ2) is 27.6. The predicted octanol–water partition coefficient (Wildman–Crippen LogP) is 8.40. The molecule has 1 unspecified atom stereocenters. The quantitative estimate of drug-likeness (QED) is 0.128. The third-order valence-electron chi connectivity index (χ3n) is 15.6. The van der Waals surface area contributed by atoms with Crippen LogP contribution in [0.3, 0.4) is 0 Å². The fourth-order valence-corrected chi connectivity index (χ4v) is 10.9. The zero-order chi connectivity index (χ0) is 52.9. The highest BCUT2D eigenvalue weighted by Gasteiger charge is 2.53. The molecule has 3 N–H and O–H groups in total. The van der Waals surface area contributed by atoms with Crippen LogP contribution in [0.15, 0.2) is 71.9 Å². The highest BCUT2D eigenvalue weighted by Crippen LogP contribution is 2.38. The van der Waals surface area contributed by atoms with E-state index in [1.807, 2.05) is 70.2 Å². The van der Waals surface area contributed by atoms with E-state index in [0.717, 1.165) is 11.1 Å². The third kappa shape index (κ3) is 15.8. The molecule has 3 fully saturated rings. The summed E-state index contributed by atoms with van der Waals surface area (Å²) in [4.78, 5) is 72.6. The number of aliphatic hydroxyl groups is 3. The molecule has 0 spiro atoms. The summed E-state index contributed by atoms with van der Waals surface area (Å²) >= 11 is 6.16. The van der Waals surface area contributed by atoms with Crippen LogP contribution in [0.4, 0.5) is 0 Å². The molecule has 2 saturated heterocycles. The van der Waals surface area contributed by atoms with Crippen LogP contribution in [0.25, 0.3) is 0 Å². The summed E-state index contributed by atoms with van der Waals surface area (Å²) in [5, 5.41) is 34.8. The molecule has 72 heavy (non-hydrogen) atoms. The van der Waals surface area contributed by atoms with Crippen LogP contribution in [0.1, 0.15) is 131 Å². The fraction of sp³-hybridized carbons (Fsp3) is 0.667. The van der Waals surface area contributed by atoms with Crippen molar-refractivity contribution in [3.63, 3.8) is 0 Å². The number of aliphatic hydroxyl groups excluding tert-OH is 2. The van der Waals surface area contributed by atoms with Gasteiger partial charge in [0.15, 0.2) is 5.78 Å². The van der Waals surface area contributed by atoms with Gasteiger partial charge in [-0.25, -0.2) is 4.79 Å². The maximum Gasteiger partial charge on any atom is 0.329 e. The minimum atomic E-state index is -2.48. The van der Waals surface area contributed by atoms with Crippen LogP contribution in [0.2, 0.25) is 5.02 Å². The Balaban J connectivity index is 1.49. The molecule has 1 aromatic carbocycles. The minimum Gasteiger partial charge on any atom is -0.460 e. The Hall–Kier alpha value is -3.86. The van der Waals surface area contributed by atoms with Crippen molar-refractivity contribution in [3.8, 4) is 0 Å². The summed E-state index contributed by atoms with van der Waals surface area (Å²) in [6.45, 7) is 13.0. The molecule has 400 valence electrons. The van der Waals surface area contributed by atoms with E-state index in [0.29, 0.717) is 68.4 Å². The number of nitrogens with zero attached hydrogens (tertiary/aromatic N) is 1. The summed E-state index contributed by atoms with van der Waals surface area (Å²) in [5.74, 6) is -8.21. The number of ether oxygens (including phenoxy) is 5. The maximum atomic E-state index is 14.5. The number of benzene rings is 1. The minimum absolute atomic E-state index is 0.00964. The topological polar surface area (TPSA) is 195 Å². The number of ketones is 3. The molecule has 0 aromatic heterocycles. The maximum absolute atomic E-state index is 14.5. The molecule has 4 aliphatic rings. The van der Waals surface area contributed by atoms with Gasteiger partial charge in [-0.3, -0.25) is 19.2 Å². The molecular formula is C57H82ClNO13. The Morgan fingerprint density at radius 2 is 1.58 bits per heavy atom. The monoisotopic (exact) mass is 1020 g/mol. The van der Waals surface area contributed by atoms with Crippen molar-refractivity contribution in [2.45, 2.75) is 187 Å². The van der Waals surface area contributed by atoms with Gasteiger partial charge in [0.25, 0.3) is 11.7 Å². The van der Waals surface area contributed by atoms with Gasteiger partial charge in [-0.15, -0.1) is 0 Å². The van der Waals surface area contributed by atoms with Crippen LogP contribution < -0.4 is 0 Å². The molecule has 14 nitrogen and oxygen atoms in total. The Bertz CT molecular complexity index is 2120. The molecule has 0 radical (unpaired) electrons. The molecule has 15 heteroatoms. The number of piperidine rings is 1. The van der Waals surface area contributed by atoms with Crippen molar-refractivity contribution < 1.29 is 63.0 Å². The molecular weight excluding hydrogens is 942 g/mol. The Kier molecular flexibility index (Phi) is 22.6. The molecule has 3 aliphatic heterocycles. The number of esters is 1. The van der Waals surface area contributed by atoms with E-state index in [1.54, 1.807) is 46.1 Å². The SMILES string of the molecule is CO[C@@H]1C[C@H](C[C@@H](C)[C@@H]2CC(=O)[C@H](C)/C=C(\C)[C@@H](O)[C@@H](OC)C(=O)[C@H](C)C[C@H](C)/C=C/C=C/C=C(\C)C(OCc3ccc(Cl)cc3)C[C@@H]3CC[C@@H](C)[C@@](O)(O3)C(=O)C(=O)N3CCCC[C@H]3C(=O)O2)CC[C@H]1O. The standard InChI is InChI=1S/C57H82ClNO13/c1-34-15-11-10-12-16-35(2)48(70-33-41-19-22-43(58)23-20-41)31-44-24-18-40(7)57(67,72-44)54(64)55(65)59-26-14-13-17-45(59)56(66)71-49(37(4)29-42-21-25-46(60)50(30-42)68-8)32-47(61)36(3)28-39(6)52(63)53(69-9)51(62)38(5)27-34/h10-12,15-16,19-20,22-23,28,34,36-38,40,42,44-46,48-50,52-53,60,63,67H,13-14,17-18,21,24-27,29-33H2,1-9H3/b12-10+,15-11+,35-16+,39-28+/t34-,36-,37-,38-,40-,42+,44+,45+,46-,48?,49+,50-,52-,53+,57-/m1/s1. The number of amides is 1. The van der Waals surface area contributed by atoms with E-state index in [2.05, 4.69) is 0 Å². The first-order valence-corrected chi connectivity index (χ1v) is 26.5. The lowest BCUT2D eigenvalue weighted by Crippen LogP contribution is -2.61. The van der Waals surface area contributed by atoms with Gasteiger partial charge in [-0.1, -0.05) is 94.8 Å². The largest absolute Gasteiger partial charge is 0.460 e. The van der Waals surface area contributed by atoms with E-state index in [4.69, 9.17) is 35.3 Å². The van der Waals surface area contributed by atoms with Crippen molar-refractivity contribution >= 4 is 40.8 Å². The van der Waals surface area contributed by atoms with Gasteiger partial charge >= 0.3 is 5.97 Å². The first-order chi connectivity index (χ1) is 34.2. The number of methoxy groups -OCH3 is 2. The summed E-state index contributed by atoms with van der Waals surface area (Å²) in [6, 6.07) is 6.15. The summed E-state index contributed by atoms with van der Waals surface area (Å²) < 4.78 is 30.3. The summed E-state index contributed by atoms with van der Waals surface area (Å²) in [7, 11) is 2.94. The second-order valence-electron chi connectivity index (χ2n) is 21.3. The lowest BCUT2D eigenvalue weighted by Gasteiger charge is -2.43. The van der Waals surface area contributed by atoms with Crippen molar-refractivity contribution in [3.05, 3.63) is 82.5 Å². The van der Waals surface area contributed by atoms with Crippen molar-refractivity contribution in [2.75, 3.05) is 20.8 Å². The first-order valence-electron chi connectivity index (χ1n) is 26.2. The van der Waals surface area contributed by atoms with Gasteiger partial charge in [0.2, 0.25) is 5.79 Å². The number of allylic oxidation sites excluding steroid dienone is 6. The Morgan fingerprint density at radius 1 is 0.861 bits per heavy atom. The van der Waals surface area contributed by atoms with Crippen molar-refractivity contribution in [2.24, 2.45) is 35.5 Å². The first kappa shape index (κ1) is 59.0. The fourth-order valence-electron chi connectivity index (χ4n) is 10.8. The molecule has 1 amide bonds. The van der Waals surface area contributed by atoms with Crippen molar-refractivity contribution in [1.29, 1.82) is 0 Å². The number of hydrogen-bond donors (Lipinski definition) is 3. The van der Waals surface area contributed by atoms with E-state index in [1.165, 1.54) is 12.0 Å². The predicted molar refractivity (Wildman–Crippen MR) is 274 cm³/mol. The second-order valence-corrected chi connectivity index (χ2v) is 21.7. The lowest BCUT2D eigenvalue weighted by atomic mass is 9.78. The zero-order valence-corrected chi connectivity index (χ0v) is 44.8. The van der Waals surface area contributed by atoms with Crippen LogP contribution >= 0.6 is 11.6 Å². The smallest absolute Gasteiger partial charge is 0.329 e. The van der Waals surface area contributed by atoms with Gasteiger partial charge in [0.1, 0.15) is 30.1 Å². The molecule has 1 aromatic rings. The highest BCUT2D eigenvalue weighted by molar-refractivity contribution is 6.39. The van der Waals surface area contributed by atoms with E-state index in [-0.39, 0.29) is 67.8 Å². The molecule has 1 saturated carbocycles. The van der Waals surface area contributed by atoms with E-state index in [9.17, 15) is 39.3 Å². The molecule has 1 aliphatic carbocycles. The van der Waals surface area contributed by atoms with Gasteiger partial charge in [-0.05, 0) is 125 Å². The number of carbonyl (C=O) groups is 5. The van der Waals surface area contributed by atoms with Gasteiger partial charge in [0, 0.05) is 56.4 Å². The average molecular weight is 1020 g/mol. The number of carbonyl (C=O) groups excluding carboxylic acids is 5. The Morgan fingerprint density at radius 3 is 2.28 bits per heavy atom. The Labute approximate surface area is 432 Å². The lowest BCUT2D eigenvalue weighted by molar-refractivity contribution is -0.266. The number of rotatable bonds is 8. The van der Waals surface area contributed by atoms with Gasteiger partial charge in [-0.2, -0.15) is 0 Å². The molecule has 15 atom stereocenters. The molecule has 3 heterocycles. The van der Waals surface area contributed by atoms with E-state index >= 15 is 0 Å². The van der Waals surface area contributed by atoms with E-state index < -0.39 is 83.9 Å². The van der Waals surface area contributed by atoms with Crippen LogP contribution in [0.5, 0.6) is 0 Å². The number of cyclic esters (lactones) is 1. The highest BCUT2D eigenvalue weighted by atomic mass is 35.5. The van der Waals surface area contributed by atoms with Crippen LogP contribution in [-0.4, -0.2) is 125 Å². The summed E-state index contributed by atoms with van der Waals surface area (Å²) in [6.07, 6.45) is 10.7. The molecule has 2 bridgehead atoms. The average Bonchev–Trinajstić information content (AvgIpc) is 3.36.